The zero-order valence-electron chi connectivity index (χ0n) is 16.1. The number of benzene rings is 2. The van der Waals surface area contributed by atoms with Crippen LogP contribution in [0.4, 0.5) is 29.3 Å². The Balaban J connectivity index is 2.01. The lowest BCUT2D eigenvalue weighted by Gasteiger charge is -2.19. The number of anilines is 2. The molecule has 0 saturated heterocycles. The van der Waals surface area contributed by atoms with E-state index < -0.39 is 23.8 Å². The van der Waals surface area contributed by atoms with Crippen molar-refractivity contribution in [2.75, 3.05) is 5.32 Å². The first-order chi connectivity index (χ1) is 13.4. The average molecular weight is 407 g/mol. The Bertz CT molecular complexity index is 898. The SMILES string of the molecule is CC(C)(C)OC(=O)NCc1ccc(Nc2ccc(OC(F)(F)F)cc2C#N)cc1. The van der Waals surface area contributed by atoms with Gasteiger partial charge in [-0.2, -0.15) is 5.26 Å². The van der Waals surface area contributed by atoms with Gasteiger partial charge >= 0.3 is 12.5 Å². The highest BCUT2D eigenvalue weighted by Gasteiger charge is 2.31. The number of hydrogen-bond acceptors (Lipinski definition) is 5. The van der Waals surface area contributed by atoms with Crippen molar-refractivity contribution in [1.82, 2.24) is 5.32 Å². The van der Waals surface area contributed by atoms with Gasteiger partial charge in [0, 0.05) is 18.3 Å². The minimum atomic E-state index is -4.83. The summed E-state index contributed by atoms with van der Waals surface area (Å²) < 4.78 is 45.9. The monoisotopic (exact) mass is 407 g/mol. The molecule has 6 nitrogen and oxygen atoms in total. The van der Waals surface area contributed by atoms with Crippen LogP contribution >= 0.6 is 0 Å². The zero-order valence-corrected chi connectivity index (χ0v) is 16.1. The molecule has 1 amide bonds. The topological polar surface area (TPSA) is 83.4 Å². The molecule has 0 bridgehead atoms. The van der Waals surface area contributed by atoms with Crippen LogP contribution in [0.15, 0.2) is 42.5 Å². The number of amides is 1. The summed E-state index contributed by atoms with van der Waals surface area (Å²) in [5.74, 6) is -0.469. The molecule has 0 radical (unpaired) electrons. The Morgan fingerprint density at radius 3 is 2.31 bits per heavy atom. The normalized spacial score (nSPS) is 11.3. The third kappa shape index (κ3) is 7.62. The summed E-state index contributed by atoms with van der Waals surface area (Å²) in [7, 11) is 0. The van der Waals surface area contributed by atoms with Gasteiger partial charge in [-0.15, -0.1) is 13.2 Å². The van der Waals surface area contributed by atoms with Crippen molar-refractivity contribution in [1.29, 1.82) is 5.26 Å². The highest BCUT2D eigenvalue weighted by Crippen LogP contribution is 2.28. The number of alkyl halides is 3. The number of nitriles is 1. The Kier molecular flexibility index (Phi) is 6.59. The number of nitrogens with zero attached hydrogens (tertiary/aromatic N) is 1. The van der Waals surface area contributed by atoms with E-state index in [-0.39, 0.29) is 12.1 Å². The van der Waals surface area contributed by atoms with Gasteiger partial charge < -0.3 is 20.1 Å². The third-order valence-corrected chi connectivity index (χ3v) is 3.41. The number of rotatable bonds is 5. The summed E-state index contributed by atoms with van der Waals surface area (Å²) in [4.78, 5) is 11.7. The molecule has 0 spiro atoms. The molecule has 2 N–H and O–H groups in total. The molecule has 2 aromatic carbocycles. The minimum absolute atomic E-state index is 0.00224. The van der Waals surface area contributed by atoms with Crippen LogP contribution in [0.3, 0.4) is 0 Å². The highest BCUT2D eigenvalue weighted by atomic mass is 19.4. The highest BCUT2D eigenvalue weighted by molar-refractivity contribution is 5.69. The second-order valence-corrected chi connectivity index (χ2v) is 7.04. The van der Waals surface area contributed by atoms with Gasteiger partial charge in [-0.25, -0.2) is 4.79 Å². The third-order valence-electron chi connectivity index (χ3n) is 3.41. The van der Waals surface area contributed by atoms with E-state index in [0.717, 1.165) is 17.7 Å². The Morgan fingerprint density at radius 2 is 1.76 bits per heavy atom. The standard InChI is InChI=1S/C20H20F3N3O3/c1-19(2,3)29-18(27)25-12-13-4-6-15(7-5-13)26-17-9-8-16(10-14(17)11-24)28-20(21,22)23/h4-10,26H,12H2,1-3H3,(H,25,27). The van der Waals surface area contributed by atoms with Crippen LogP contribution in [0.2, 0.25) is 0 Å². The van der Waals surface area contributed by atoms with Crippen molar-refractivity contribution < 1.29 is 27.4 Å². The molecule has 0 unspecified atom stereocenters. The maximum atomic E-state index is 12.3. The molecule has 2 aromatic rings. The summed E-state index contributed by atoms with van der Waals surface area (Å²) in [6.07, 6.45) is -5.36. The van der Waals surface area contributed by atoms with E-state index in [1.54, 1.807) is 45.0 Å². The van der Waals surface area contributed by atoms with Crippen LogP contribution in [-0.2, 0) is 11.3 Å². The number of hydrogen-bond donors (Lipinski definition) is 2. The quantitative estimate of drug-likeness (QED) is 0.710. The summed E-state index contributed by atoms with van der Waals surface area (Å²) >= 11 is 0. The smallest absolute Gasteiger partial charge is 0.444 e. The van der Waals surface area contributed by atoms with Gasteiger partial charge in [0.25, 0.3) is 0 Å². The van der Waals surface area contributed by atoms with Crippen LogP contribution < -0.4 is 15.4 Å². The van der Waals surface area contributed by atoms with Gasteiger partial charge in [-0.1, -0.05) is 12.1 Å². The van der Waals surface area contributed by atoms with E-state index in [0.29, 0.717) is 11.4 Å². The summed E-state index contributed by atoms with van der Waals surface area (Å²) in [6, 6.07) is 12.2. The van der Waals surface area contributed by atoms with Crippen molar-refractivity contribution in [2.24, 2.45) is 0 Å². The minimum Gasteiger partial charge on any atom is -0.444 e. The Morgan fingerprint density at radius 1 is 1.10 bits per heavy atom. The van der Waals surface area contributed by atoms with Crippen molar-refractivity contribution in [2.45, 2.75) is 39.3 Å². The van der Waals surface area contributed by atoms with E-state index in [2.05, 4.69) is 15.4 Å². The van der Waals surface area contributed by atoms with E-state index in [1.165, 1.54) is 6.07 Å². The summed E-state index contributed by atoms with van der Waals surface area (Å²) in [5, 5.41) is 14.8. The van der Waals surface area contributed by atoms with Crippen LogP contribution in [-0.4, -0.2) is 18.1 Å². The van der Waals surface area contributed by atoms with Crippen molar-refractivity contribution in [3.63, 3.8) is 0 Å². The fourth-order valence-corrected chi connectivity index (χ4v) is 2.27. The van der Waals surface area contributed by atoms with Gasteiger partial charge in [0.15, 0.2) is 0 Å². The Labute approximate surface area is 166 Å². The first-order valence-electron chi connectivity index (χ1n) is 8.58. The maximum absolute atomic E-state index is 12.3. The lowest BCUT2D eigenvalue weighted by atomic mass is 10.1. The molecule has 154 valence electrons. The zero-order chi connectivity index (χ0) is 21.7. The molecule has 9 heteroatoms. The van der Waals surface area contributed by atoms with E-state index in [9.17, 15) is 23.2 Å². The van der Waals surface area contributed by atoms with E-state index >= 15 is 0 Å². The van der Waals surface area contributed by atoms with E-state index in [1.807, 2.05) is 6.07 Å². The predicted molar refractivity (Wildman–Crippen MR) is 101 cm³/mol. The summed E-state index contributed by atoms with van der Waals surface area (Å²) in [6.45, 7) is 5.57. The molecule has 0 aliphatic carbocycles. The van der Waals surface area contributed by atoms with Crippen LogP contribution in [0.1, 0.15) is 31.9 Å². The number of ether oxygens (including phenoxy) is 2. The maximum Gasteiger partial charge on any atom is 0.573 e. The average Bonchev–Trinajstić information content (AvgIpc) is 2.59. The molecular weight excluding hydrogens is 387 g/mol. The lowest BCUT2D eigenvalue weighted by molar-refractivity contribution is -0.274. The van der Waals surface area contributed by atoms with Crippen molar-refractivity contribution in [3.8, 4) is 11.8 Å². The molecular formula is C20H20F3N3O3. The molecule has 0 aromatic heterocycles. The molecule has 0 aliphatic rings. The van der Waals surface area contributed by atoms with Gasteiger partial charge in [-0.3, -0.25) is 0 Å². The Hall–Kier alpha value is -3.41. The second kappa shape index (κ2) is 8.73. The molecule has 0 atom stereocenters. The lowest BCUT2D eigenvalue weighted by Crippen LogP contribution is -2.32. The van der Waals surface area contributed by atoms with Crippen molar-refractivity contribution in [3.05, 3.63) is 53.6 Å². The number of halogens is 3. The second-order valence-electron chi connectivity index (χ2n) is 7.04. The fraction of sp³-hybridized carbons (Fsp3) is 0.300. The van der Waals surface area contributed by atoms with Gasteiger partial charge in [0.1, 0.15) is 17.4 Å². The largest absolute Gasteiger partial charge is 0.573 e. The summed E-state index contributed by atoms with van der Waals surface area (Å²) in [5.41, 5.74) is 1.18. The van der Waals surface area contributed by atoms with E-state index in [4.69, 9.17) is 4.74 Å². The number of nitrogens with one attached hydrogen (secondary N) is 2. The van der Waals surface area contributed by atoms with Gasteiger partial charge in [-0.05, 0) is 50.6 Å². The molecule has 29 heavy (non-hydrogen) atoms. The fourth-order valence-electron chi connectivity index (χ4n) is 2.27. The number of carbonyl (C=O) groups is 1. The molecule has 0 aliphatic heterocycles. The predicted octanol–water partition coefficient (Wildman–Crippen LogP) is 5.23. The van der Waals surface area contributed by atoms with Gasteiger partial charge in [0.2, 0.25) is 0 Å². The van der Waals surface area contributed by atoms with Crippen LogP contribution in [0.5, 0.6) is 5.75 Å². The molecule has 0 saturated carbocycles. The molecule has 0 fully saturated rings. The molecule has 2 rings (SSSR count). The first-order valence-corrected chi connectivity index (χ1v) is 8.58. The number of alkyl carbamates (subject to hydrolysis) is 1. The van der Waals surface area contributed by atoms with Crippen LogP contribution in [0.25, 0.3) is 0 Å². The molecule has 0 heterocycles. The van der Waals surface area contributed by atoms with Gasteiger partial charge in [0.05, 0.1) is 11.3 Å². The first kappa shape index (κ1) is 21.9. The van der Waals surface area contributed by atoms with Crippen LogP contribution in [0, 0.1) is 11.3 Å². The van der Waals surface area contributed by atoms with Crippen molar-refractivity contribution >= 4 is 17.5 Å². The number of carbonyl (C=O) groups excluding carboxylic acids is 1.